The molecule has 0 amide bonds. The van der Waals surface area contributed by atoms with Gasteiger partial charge in [-0.05, 0) is 23.8 Å². The number of halogens is 1. The van der Waals surface area contributed by atoms with E-state index in [2.05, 4.69) is 4.98 Å². The number of hydrogen-bond donors (Lipinski definition) is 0. The summed E-state index contributed by atoms with van der Waals surface area (Å²) in [6.07, 6.45) is 4.42. The van der Waals surface area contributed by atoms with Crippen molar-refractivity contribution in [2.24, 2.45) is 0 Å². The van der Waals surface area contributed by atoms with Crippen LogP contribution in [0.25, 0.3) is 17.0 Å². The van der Waals surface area contributed by atoms with Crippen molar-refractivity contribution in [2.45, 2.75) is 6.61 Å². The second-order valence-corrected chi connectivity index (χ2v) is 5.87. The largest absolute Gasteiger partial charge is 0.493 e. The zero-order chi connectivity index (χ0) is 20.8. The number of pyridine rings is 1. The zero-order valence-electron chi connectivity index (χ0n) is 16.5. The third-order valence-corrected chi connectivity index (χ3v) is 4.08. The van der Waals surface area contributed by atoms with Crippen molar-refractivity contribution in [3.05, 3.63) is 64.2 Å². The molecule has 0 aliphatic rings. The average Bonchev–Trinajstić information content (AvgIpc) is 2.75. The van der Waals surface area contributed by atoms with E-state index >= 15 is 0 Å². The number of nitrogens with zero attached hydrogens (tertiary/aromatic N) is 1. The van der Waals surface area contributed by atoms with Gasteiger partial charge < -0.3 is 23.4 Å². The Morgan fingerprint density at radius 1 is 1.07 bits per heavy atom. The smallest absolute Gasteiger partial charge is 0.336 e. The van der Waals surface area contributed by atoms with Crippen LogP contribution < -0.4 is 19.8 Å². The lowest BCUT2D eigenvalue weighted by molar-refractivity contribution is -0.138. The average molecular weight is 478 g/mol. The number of ether oxygens (including phenoxy) is 4. The number of carbonyl (C=O) groups is 1. The van der Waals surface area contributed by atoms with Crippen LogP contribution in [-0.2, 0) is 16.1 Å². The molecular weight excluding hydrogens is 458 g/mol. The lowest BCUT2D eigenvalue weighted by Crippen LogP contribution is -2.06. The van der Waals surface area contributed by atoms with E-state index in [-0.39, 0.29) is 23.6 Å². The molecule has 3 rings (SSSR count). The molecule has 0 fully saturated rings. The van der Waals surface area contributed by atoms with Crippen LogP contribution in [0.3, 0.4) is 0 Å². The number of aromatic nitrogens is 1. The third kappa shape index (κ3) is 5.38. The fourth-order valence-electron chi connectivity index (χ4n) is 2.65. The Hall–Kier alpha value is -3.33. The predicted octanol–water partition coefficient (Wildman–Crippen LogP) is 3.55. The molecule has 0 bridgehead atoms. The number of rotatable bonds is 7. The van der Waals surface area contributed by atoms with Gasteiger partial charge in [0.05, 0.1) is 21.3 Å². The van der Waals surface area contributed by atoms with Gasteiger partial charge in [-0.3, -0.25) is 0 Å². The highest BCUT2D eigenvalue weighted by molar-refractivity contribution is 8.93. The molecule has 0 unspecified atom stereocenters. The SMILES string of the molecule is Br.COc1ccc(/C=C/C(=O)OCc2cc(=O)oc3cc(OC)c(OC)cc23)cn1. The minimum atomic E-state index is -0.567. The van der Waals surface area contributed by atoms with Gasteiger partial charge in [-0.1, -0.05) is 0 Å². The summed E-state index contributed by atoms with van der Waals surface area (Å²) in [4.78, 5) is 28.0. The van der Waals surface area contributed by atoms with Crippen molar-refractivity contribution in [3.63, 3.8) is 0 Å². The number of methoxy groups -OCH3 is 3. The van der Waals surface area contributed by atoms with Gasteiger partial charge in [-0.25, -0.2) is 14.6 Å². The summed E-state index contributed by atoms with van der Waals surface area (Å²) in [6, 6.07) is 7.93. The maximum atomic E-state index is 12.1. The van der Waals surface area contributed by atoms with E-state index in [1.165, 1.54) is 33.5 Å². The molecule has 0 saturated carbocycles. The van der Waals surface area contributed by atoms with Crippen LogP contribution in [0.15, 0.2) is 51.8 Å². The van der Waals surface area contributed by atoms with E-state index in [1.54, 1.807) is 36.5 Å². The summed E-state index contributed by atoms with van der Waals surface area (Å²) in [7, 11) is 4.51. The first-order valence-electron chi connectivity index (χ1n) is 8.57. The van der Waals surface area contributed by atoms with Crippen molar-refractivity contribution in [2.75, 3.05) is 21.3 Å². The molecule has 0 spiro atoms. The van der Waals surface area contributed by atoms with Gasteiger partial charge in [0.1, 0.15) is 12.2 Å². The maximum absolute atomic E-state index is 12.1. The fraction of sp³-hybridized carbons (Fsp3) is 0.190. The monoisotopic (exact) mass is 477 g/mol. The molecule has 30 heavy (non-hydrogen) atoms. The lowest BCUT2D eigenvalue weighted by Gasteiger charge is -2.11. The summed E-state index contributed by atoms with van der Waals surface area (Å²) in [5, 5.41) is 0.582. The topological polar surface area (TPSA) is 97.1 Å². The van der Waals surface area contributed by atoms with E-state index in [0.717, 1.165) is 0 Å². The normalized spacial score (nSPS) is 10.5. The van der Waals surface area contributed by atoms with Crippen LogP contribution in [0.4, 0.5) is 0 Å². The number of benzene rings is 1. The van der Waals surface area contributed by atoms with Crippen LogP contribution >= 0.6 is 17.0 Å². The number of fused-ring (bicyclic) bond motifs is 1. The molecule has 2 aromatic heterocycles. The van der Waals surface area contributed by atoms with Crippen molar-refractivity contribution in [1.29, 1.82) is 0 Å². The molecule has 3 aromatic rings. The Bertz CT molecular complexity index is 1110. The summed E-state index contributed by atoms with van der Waals surface area (Å²) in [6.45, 7) is -0.110. The second kappa shape index (κ2) is 10.4. The van der Waals surface area contributed by atoms with Crippen LogP contribution in [0.5, 0.6) is 17.4 Å². The van der Waals surface area contributed by atoms with Crippen molar-refractivity contribution in [3.8, 4) is 17.4 Å². The number of carbonyl (C=O) groups excluding carboxylic acids is 1. The first-order valence-corrected chi connectivity index (χ1v) is 8.57. The van der Waals surface area contributed by atoms with Gasteiger partial charge in [-0.2, -0.15) is 0 Å². The fourth-order valence-corrected chi connectivity index (χ4v) is 2.65. The number of hydrogen-bond acceptors (Lipinski definition) is 8. The molecule has 0 saturated heterocycles. The minimum Gasteiger partial charge on any atom is -0.493 e. The van der Waals surface area contributed by atoms with Gasteiger partial charge in [0.25, 0.3) is 0 Å². The molecule has 0 atom stereocenters. The van der Waals surface area contributed by atoms with Gasteiger partial charge >= 0.3 is 11.6 Å². The van der Waals surface area contributed by atoms with Crippen molar-refractivity contribution in [1.82, 2.24) is 4.98 Å². The van der Waals surface area contributed by atoms with E-state index < -0.39 is 11.6 Å². The van der Waals surface area contributed by atoms with E-state index in [4.69, 9.17) is 23.4 Å². The first kappa shape index (κ1) is 23.0. The summed E-state index contributed by atoms with van der Waals surface area (Å²) < 4.78 is 26.0. The standard InChI is InChI=1S/C21H19NO7.BrH/c1-25-17-9-15-14(8-21(24)29-16(15)10-18(17)26-2)12-28-20(23)7-5-13-4-6-19(27-3)22-11-13;/h4-11H,12H2,1-3H3;1H/b7-5+;. The quantitative estimate of drug-likeness (QED) is 0.289. The van der Waals surface area contributed by atoms with Crippen LogP contribution in [0.1, 0.15) is 11.1 Å². The maximum Gasteiger partial charge on any atom is 0.336 e. The molecule has 0 aliphatic heterocycles. The Balaban J connectivity index is 0.00000320. The molecule has 8 nitrogen and oxygen atoms in total. The Morgan fingerprint density at radius 3 is 2.43 bits per heavy atom. The molecule has 9 heteroatoms. The molecule has 158 valence electrons. The van der Waals surface area contributed by atoms with Crippen LogP contribution in [-0.4, -0.2) is 32.3 Å². The highest BCUT2D eigenvalue weighted by Gasteiger charge is 2.13. The van der Waals surface area contributed by atoms with Crippen molar-refractivity contribution < 1.29 is 28.2 Å². The Kier molecular flexibility index (Phi) is 7.99. The van der Waals surface area contributed by atoms with Crippen molar-refractivity contribution >= 4 is 40.0 Å². The second-order valence-electron chi connectivity index (χ2n) is 5.87. The molecule has 0 radical (unpaired) electrons. The van der Waals surface area contributed by atoms with E-state index in [0.29, 0.717) is 39.5 Å². The molecule has 0 aliphatic carbocycles. The molecular formula is C21H20BrNO7. The van der Waals surface area contributed by atoms with Crippen LogP contribution in [0, 0.1) is 0 Å². The van der Waals surface area contributed by atoms with Gasteiger partial charge in [0.2, 0.25) is 5.88 Å². The number of esters is 1. The zero-order valence-corrected chi connectivity index (χ0v) is 18.3. The van der Waals surface area contributed by atoms with Gasteiger partial charge in [-0.15, -0.1) is 17.0 Å². The molecule has 1 aromatic carbocycles. The van der Waals surface area contributed by atoms with Gasteiger partial charge in [0, 0.05) is 41.4 Å². The first-order chi connectivity index (χ1) is 14.0. The highest BCUT2D eigenvalue weighted by atomic mass is 79.9. The lowest BCUT2D eigenvalue weighted by atomic mass is 10.1. The third-order valence-electron chi connectivity index (χ3n) is 4.08. The summed E-state index contributed by atoms with van der Waals surface area (Å²) in [5.41, 5.74) is 0.951. The van der Waals surface area contributed by atoms with E-state index in [9.17, 15) is 9.59 Å². The summed E-state index contributed by atoms with van der Waals surface area (Å²) >= 11 is 0. The summed E-state index contributed by atoms with van der Waals surface area (Å²) in [5.74, 6) is 0.802. The molecule has 2 heterocycles. The molecule has 0 N–H and O–H groups in total. The Labute approximate surface area is 182 Å². The highest BCUT2D eigenvalue weighted by Crippen LogP contribution is 2.33. The predicted molar refractivity (Wildman–Crippen MR) is 116 cm³/mol. The minimum absolute atomic E-state index is 0. The van der Waals surface area contributed by atoms with Crippen LogP contribution in [0.2, 0.25) is 0 Å². The Morgan fingerprint density at radius 2 is 1.80 bits per heavy atom. The van der Waals surface area contributed by atoms with Gasteiger partial charge in [0.15, 0.2) is 11.5 Å². The van der Waals surface area contributed by atoms with E-state index in [1.807, 2.05) is 0 Å².